The molecule has 1 aliphatic carbocycles. The molecule has 3 rings (SSSR count). The van der Waals surface area contributed by atoms with Crippen molar-refractivity contribution in [2.24, 2.45) is 5.41 Å². The Balaban J connectivity index is 2.09. The molecule has 3 nitrogen and oxygen atoms in total. The molecule has 0 amide bonds. The maximum Gasteiger partial charge on any atom is 0.240 e. The number of imidazole rings is 1. The highest BCUT2D eigenvalue weighted by Gasteiger charge is 2.67. The summed E-state index contributed by atoms with van der Waals surface area (Å²) < 4.78 is 1.37. The van der Waals surface area contributed by atoms with E-state index in [0.29, 0.717) is 0 Å². The third-order valence-electron chi connectivity index (χ3n) is 3.40. The number of hydrogen-bond donors (Lipinski definition) is 0. The number of fused-ring (bicyclic) bond motifs is 1. The van der Waals surface area contributed by atoms with Crippen molar-refractivity contribution in [3.05, 3.63) is 30.6 Å². The Hall–Kier alpha value is -0.680. The minimum absolute atomic E-state index is 0.0694. The lowest BCUT2D eigenvalue weighted by molar-refractivity contribution is 0.0831. The fourth-order valence-corrected chi connectivity index (χ4v) is 3.48. The molecule has 1 saturated carbocycles. The molecule has 1 fully saturated rings. The van der Waals surface area contributed by atoms with Gasteiger partial charge in [-0.15, -0.1) is 0 Å². The van der Waals surface area contributed by atoms with Crippen LogP contribution in [0, 0.1) is 5.41 Å². The average Bonchev–Trinajstić information content (AvgIpc) is 2.67. The van der Waals surface area contributed by atoms with Crippen LogP contribution in [-0.4, -0.2) is 18.7 Å². The van der Waals surface area contributed by atoms with Gasteiger partial charge in [0.25, 0.3) is 0 Å². The molecular weight excluding hydrogens is 348 g/mol. The van der Waals surface area contributed by atoms with Crippen molar-refractivity contribution < 1.29 is 4.79 Å². The van der Waals surface area contributed by atoms with E-state index in [2.05, 4.69) is 36.8 Å². The first-order valence-corrected chi connectivity index (χ1v) is 6.89. The van der Waals surface area contributed by atoms with Crippen LogP contribution in [0.5, 0.6) is 0 Å². The Kier molecular flexibility index (Phi) is 2.29. The van der Waals surface area contributed by atoms with Gasteiger partial charge in [-0.1, -0.05) is 44.0 Å². The van der Waals surface area contributed by atoms with Crippen molar-refractivity contribution in [1.29, 1.82) is 0 Å². The molecule has 5 heteroatoms. The number of carbonyl (C=O) groups excluding carboxylic acids is 1. The largest absolute Gasteiger partial charge is 0.273 e. The summed E-state index contributed by atoms with van der Waals surface area (Å²) in [5.74, 6) is 0.0694. The molecule has 0 bridgehead atoms. The van der Waals surface area contributed by atoms with Gasteiger partial charge in [0.15, 0.2) is 0 Å². The van der Waals surface area contributed by atoms with Gasteiger partial charge in [-0.3, -0.25) is 9.36 Å². The van der Waals surface area contributed by atoms with E-state index >= 15 is 0 Å². The molecule has 1 aromatic heterocycles. The van der Waals surface area contributed by atoms with Crippen molar-refractivity contribution in [3.63, 3.8) is 0 Å². The van der Waals surface area contributed by atoms with Gasteiger partial charge in [-0.25, -0.2) is 4.98 Å². The van der Waals surface area contributed by atoms with Gasteiger partial charge in [0, 0.05) is 0 Å². The number of alkyl halides is 2. The van der Waals surface area contributed by atoms with Gasteiger partial charge in [-0.05, 0) is 25.5 Å². The number of rotatable bonds is 1. The van der Waals surface area contributed by atoms with E-state index in [4.69, 9.17) is 0 Å². The van der Waals surface area contributed by atoms with Gasteiger partial charge >= 0.3 is 0 Å². The van der Waals surface area contributed by atoms with Crippen LogP contribution < -0.4 is 0 Å². The molecule has 1 atom stereocenters. The quantitative estimate of drug-likeness (QED) is 0.731. The summed E-state index contributed by atoms with van der Waals surface area (Å²) >= 11 is 7.04. The van der Waals surface area contributed by atoms with Crippen LogP contribution in [0.15, 0.2) is 30.6 Å². The smallest absolute Gasteiger partial charge is 0.240 e. The fraction of sp³-hybridized carbons (Fsp3) is 0.333. The maximum atomic E-state index is 12.5. The number of para-hydroxylation sites is 2. The monoisotopic (exact) mass is 356 g/mol. The zero-order valence-electron chi connectivity index (χ0n) is 9.15. The number of hydrogen-bond acceptors (Lipinski definition) is 2. The molecule has 2 aromatic rings. The van der Waals surface area contributed by atoms with Crippen LogP contribution in [0.25, 0.3) is 11.0 Å². The predicted octanol–water partition coefficient (Wildman–Crippen LogP) is 3.57. The van der Waals surface area contributed by atoms with Crippen LogP contribution in [0.3, 0.4) is 0 Å². The number of benzene rings is 1. The summed E-state index contributed by atoms with van der Waals surface area (Å²) in [7, 11) is 0. The molecular formula is C12H10Br2N2O. The predicted molar refractivity (Wildman–Crippen MR) is 73.7 cm³/mol. The second-order valence-corrected chi connectivity index (χ2v) is 8.39. The highest BCUT2D eigenvalue weighted by Crippen LogP contribution is 2.66. The number of halogens is 2. The van der Waals surface area contributed by atoms with Crippen LogP contribution in [-0.2, 0) is 0 Å². The Morgan fingerprint density at radius 2 is 2.06 bits per heavy atom. The lowest BCUT2D eigenvalue weighted by atomic mass is 10.1. The molecule has 1 aromatic carbocycles. The minimum Gasteiger partial charge on any atom is -0.273 e. The van der Waals surface area contributed by atoms with Crippen molar-refractivity contribution in [1.82, 2.24) is 9.55 Å². The fourth-order valence-electron chi connectivity index (χ4n) is 2.02. The Morgan fingerprint density at radius 1 is 1.41 bits per heavy atom. The minimum atomic E-state index is -0.406. The van der Waals surface area contributed by atoms with E-state index in [1.807, 2.05) is 31.2 Å². The Morgan fingerprint density at radius 3 is 2.71 bits per heavy atom. The topological polar surface area (TPSA) is 34.9 Å². The second kappa shape index (κ2) is 3.42. The second-order valence-electron chi connectivity index (χ2n) is 4.62. The van der Waals surface area contributed by atoms with Crippen LogP contribution in [0.2, 0.25) is 0 Å². The van der Waals surface area contributed by atoms with Crippen LogP contribution >= 0.6 is 31.9 Å². The molecule has 0 spiro atoms. The van der Waals surface area contributed by atoms with Crippen LogP contribution in [0.1, 0.15) is 18.1 Å². The molecule has 1 heterocycles. The molecule has 0 saturated heterocycles. The Labute approximate surface area is 115 Å². The van der Waals surface area contributed by atoms with E-state index in [-0.39, 0.29) is 9.14 Å². The first-order chi connectivity index (χ1) is 7.96. The summed E-state index contributed by atoms with van der Waals surface area (Å²) in [5, 5.41) is 0. The van der Waals surface area contributed by atoms with Gasteiger partial charge < -0.3 is 0 Å². The lowest BCUT2D eigenvalue weighted by Gasteiger charge is -2.12. The van der Waals surface area contributed by atoms with E-state index in [9.17, 15) is 4.79 Å². The van der Waals surface area contributed by atoms with E-state index in [0.717, 1.165) is 17.5 Å². The molecule has 0 unspecified atom stereocenters. The number of carbonyl (C=O) groups is 1. The normalized spacial score (nSPS) is 26.1. The van der Waals surface area contributed by atoms with Crippen molar-refractivity contribution in [3.8, 4) is 0 Å². The summed E-state index contributed by atoms with van der Waals surface area (Å²) in [6.45, 7) is 1.95. The maximum absolute atomic E-state index is 12.5. The molecule has 17 heavy (non-hydrogen) atoms. The summed E-state index contributed by atoms with van der Waals surface area (Å²) in [6, 6.07) is 7.65. The molecule has 88 valence electrons. The zero-order valence-corrected chi connectivity index (χ0v) is 12.3. The molecule has 0 aliphatic heterocycles. The molecule has 0 N–H and O–H groups in total. The van der Waals surface area contributed by atoms with Crippen molar-refractivity contribution >= 4 is 48.8 Å². The van der Waals surface area contributed by atoms with E-state index < -0.39 is 5.41 Å². The first kappa shape index (κ1) is 11.4. The highest BCUT2D eigenvalue weighted by molar-refractivity contribution is 9.25. The van der Waals surface area contributed by atoms with E-state index in [1.54, 1.807) is 10.9 Å². The van der Waals surface area contributed by atoms with Gasteiger partial charge in [0.1, 0.15) is 6.33 Å². The summed E-state index contributed by atoms with van der Waals surface area (Å²) in [6.07, 6.45) is 2.39. The lowest BCUT2D eigenvalue weighted by Crippen LogP contribution is -2.24. The SMILES string of the molecule is C[C@@]1(C(=O)n2cnc3ccccc32)CC1(Br)Br. The summed E-state index contributed by atoms with van der Waals surface area (Å²) in [4.78, 5) is 16.7. The third-order valence-corrected chi connectivity index (χ3v) is 5.71. The summed E-state index contributed by atoms with van der Waals surface area (Å²) in [5.41, 5.74) is 1.30. The third kappa shape index (κ3) is 1.52. The average molecular weight is 358 g/mol. The van der Waals surface area contributed by atoms with Gasteiger partial charge in [0.2, 0.25) is 5.91 Å². The van der Waals surface area contributed by atoms with Gasteiger partial charge in [0.05, 0.1) is 19.7 Å². The Bertz CT molecular complexity index is 620. The molecule has 0 radical (unpaired) electrons. The number of nitrogens with zero attached hydrogens (tertiary/aromatic N) is 2. The standard InChI is InChI=1S/C12H10Br2N2O/c1-11(6-12(11,13)14)10(17)16-7-15-8-4-2-3-5-9(8)16/h2-5,7H,6H2,1H3/t11-/m0/s1. The zero-order chi connectivity index (χ0) is 12.3. The number of aromatic nitrogens is 2. The first-order valence-electron chi connectivity index (χ1n) is 5.30. The van der Waals surface area contributed by atoms with E-state index in [1.165, 1.54) is 0 Å². The molecule has 1 aliphatic rings. The van der Waals surface area contributed by atoms with Crippen molar-refractivity contribution in [2.45, 2.75) is 16.6 Å². The highest BCUT2D eigenvalue weighted by atomic mass is 79.9. The van der Waals surface area contributed by atoms with Crippen LogP contribution in [0.4, 0.5) is 0 Å². The van der Waals surface area contributed by atoms with Gasteiger partial charge in [-0.2, -0.15) is 0 Å². The van der Waals surface area contributed by atoms with Crippen molar-refractivity contribution in [2.75, 3.05) is 0 Å².